The van der Waals surface area contributed by atoms with E-state index in [1.165, 1.54) is 0 Å². The van der Waals surface area contributed by atoms with E-state index in [-0.39, 0.29) is 11.6 Å². The Morgan fingerprint density at radius 1 is 1.16 bits per heavy atom. The summed E-state index contributed by atoms with van der Waals surface area (Å²) in [6.07, 6.45) is 0. The van der Waals surface area contributed by atoms with Crippen molar-refractivity contribution in [3.05, 3.63) is 52.9 Å². The highest BCUT2D eigenvalue weighted by atomic mass is 16.5. The Morgan fingerprint density at radius 2 is 1.96 bits per heavy atom. The van der Waals surface area contributed by atoms with Crippen molar-refractivity contribution in [2.45, 2.75) is 20.5 Å². The normalized spacial score (nSPS) is 10.5. The molecule has 3 rings (SSSR count). The molecule has 0 aliphatic carbocycles. The monoisotopic (exact) mass is 337 g/mol. The number of nitrogens with zero attached hydrogens (tertiary/aromatic N) is 3. The molecule has 0 radical (unpaired) electrons. The third kappa shape index (κ3) is 3.50. The van der Waals surface area contributed by atoms with Gasteiger partial charge in [0.15, 0.2) is 5.76 Å². The van der Waals surface area contributed by atoms with Gasteiger partial charge in [0.1, 0.15) is 24.2 Å². The SMILES string of the molecule is Cc1ccc(C)c(OCc2ccc(-c3nc(C#N)c(N(C)C)o3)o2)c1. The van der Waals surface area contributed by atoms with E-state index in [0.717, 1.165) is 16.9 Å². The van der Waals surface area contributed by atoms with E-state index in [1.54, 1.807) is 25.1 Å². The number of oxazole rings is 1. The van der Waals surface area contributed by atoms with Gasteiger partial charge in [0.05, 0.1) is 0 Å². The van der Waals surface area contributed by atoms with Crippen LogP contribution in [0, 0.1) is 25.2 Å². The third-order valence-corrected chi connectivity index (χ3v) is 3.71. The van der Waals surface area contributed by atoms with Crippen LogP contribution in [0.1, 0.15) is 22.6 Å². The predicted molar refractivity (Wildman–Crippen MR) is 93.5 cm³/mol. The number of furan rings is 1. The van der Waals surface area contributed by atoms with Gasteiger partial charge in [-0.2, -0.15) is 10.2 Å². The van der Waals surface area contributed by atoms with Gasteiger partial charge in [-0.05, 0) is 43.2 Å². The van der Waals surface area contributed by atoms with Crippen molar-refractivity contribution in [3.63, 3.8) is 0 Å². The zero-order valence-corrected chi connectivity index (χ0v) is 14.7. The van der Waals surface area contributed by atoms with Crippen molar-refractivity contribution < 1.29 is 13.6 Å². The highest BCUT2D eigenvalue weighted by Crippen LogP contribution is 2.29. The largest absolute Gasteiger partial charge is 0.485 e. The molecule has 0 saturated heterocycles. The Bertz CT molecular complexity index is 932. The second kappa shape index (κ2) is 6.73. The van der Waals surface area contributed by atoms with Gasteiger partial charge in [0, 0.05) is 14.1 Å². The van der Waals surface area contributed by atoms with Crippen molar-refractivity contribution in [2.24, 2.45) is 0 Å². The molecule has 2 heterocycles. The fourth-order valence-corrected chi connectivity index (χ4v) is 2.38. The number of aromatic nitrogens is 1. The predicted octanol–water partition coefficient (Wildman–Crippen LogP) is 4.07. The van der Waals surface area contributed by atoms with Crippen LogP contribution in [0.2, 0.25) is 0 Å². The molecule has 0 aliphatic rings. The zero-order valence-electron chi connectivity index (χ0n) is 14.7. The van der Waals surface area contributed by atoms with Gasteiger partial charge in [-0.15, -0.1) is 0 Å². The molecule has 0 spiro atoms. The molecule has 0 bridgehead atoms. The van der Waals surface area contributed by atoms with Crippen LogP contribution in [0.4, 0.5) is 5.88 Å². The third-order valence-electron chi connectivity index (χ3n) is 3.71. The van der Waals surface area contributed by atoms with E-state index in [4.69, 9.17) is 18.8 Å². The summed E-state index contributed by atoms with van der Waals surface area (Å²) in [4.78, 5) is 5.87. The first kappa shape index (κ1) is 16.7. The van der Waals surface area contributed by atoms with Crippen molar-refractivity contribution >= 4 is 5.88 Å². The van der Waals surface area contributed by atoms with Gasteiger partial charge in [0.2, 0.25) is 11.6 Å². The Morgan fingerprint density at radius 3 is 2.64 bits per heavy atom. The van der Waals surface area contributed by atoms with Crippen molar-refractivity contribution in [2.75, 3.05) is 19.0 Å². The van der Waals surface area contributed by atoms with Crippen LogP contribution in [0.3, 0.4) is 0 Å². The molecule has 0 unspecified atom stereocenters. The van der Waals surface area contributed by atoms with Crippen LogP contribution in [0.5, 0.6) is 5.75 Å². The van der Waals surface area contributed by atoms with E-state index in [2.05, 4.69) is 4.98 Å². The maximum absolute atomic E-state index is 9.14. The van der Waals surface area contributed by atoms with Crippen molar-refractivity contribution in [1.29, 1.82) is 5.26 Å². The van der Waals surface area contributed by atoms with E-state index in [0.29, 0.717) is 24.0 Å². The van der Waals surface area contributed by atoms with Gasteiger partial charge in [-0.25, -0.2) is 0 Å². The van der Waals surface area contributed by atoms with Gasteiger partial charge in [-0.1, -0.05) is 12.1 Å². The molecule has 25 heavy (non-hydrogen) atoms. The van der Waals surface area contributed by atoms with E-state index < -0.39 is 0 Å². The number of rotatable bonds is 5. The molecular weight excluding hydrogens is 318 g/mol. The smallest absolute Gasteiger partial charge is 0.266 e. The summed E-state index contributed by atoms with van der Waals surface area (Å²) in [7, 11) is 3.58. The Kier molecular flexibility index (Phi) is 4.48. The zero-order chi connectivity index (χ0) is 18.0. The number of benzene rings is 1. The Hall–Kier alpha value is -3.20. The number of nitriles is 1. The lowest BCUT2D eigenvalue weighted by Gasteiger charge is -2.08. The van der Waals surface area contributed by atoms with Gasteiger partial charge in [0.25, 0.3) is 5.89 Å². The van der Waals surface area contributed by atoms with Crippen LogP contribution in [-0.4, -0.2) is 19.1 Å². The topological polar surface area (TPSA) is 75.4 Å². The first-order valence-corrected chi connectivity index (χ1v) is 7.85. The summed E-state index contributed by atoms with van der Waals surface area (Å²) < 4.78 is 17.2. The van der Waals surface area contributed by atoms with E-state index in [9.17, 15) is 0 Å². The van der Waals surface area contributed by atoms with E-state index >= 15 is 0 Å². The van der Waals surface area contributed by atoms with Gasteiger partial charge >= 0.3 is 0 Å². The average molecular weight is 337 g/mol. The van der Waals surface area contributed by atoms with Crippen LogP contribution in [0.25, 0.3) is 11.7 Å². The lowest BCUT2D eigenvalue weighted by Crippen LogP contribution is -2.08. The molecule has 0 amide bonds. The minimum atomic E-state index is 0.226. The minimum absolute atomic E-state index is 0.226. The summed E-state index contributed by atoms with van der Waals surface area (Å²) in [5.74, 6) is 2.62. The summed E-state index contributed by atoms with van der Waals surface area (Å²) in [6, 6.07) is 11.7. The molecule has 0 fully saturated rings. The van der Waals surface area contributed by atoms with Crippen LogP contribution in [-0.2, 0) is 6.61 Å². The van der Waals surface area contributed by atoms with Crippen LogP contribution < -0.4 is 9.64 Å². The minimum Gasteiger partial charge on any atom is -0.485 e. The molecule has 0 aliphatic heterocycles. The summed E-state index contributed by atoms with van der Waals surface area (Å²) in [5.41, 5.74) is 2.43. The molecule has 128 valence electrons. The molecule has 6 nitrogen and oxygen atoms in total. The number of hydrogen-bond acceptors (Lipinski definition) is 6. The first-order chi connectivity index (χ1) is 12.0. The molecule has 3 aromatic rings. The van der Waals surface area contributed by atoms with Crippen LogP contribution in [0.15, 0.2) is 39.2 Å². The Balaban J connectivity index is 1.77. The molecule has 1 aromatic carbocycles. The number of ether oxygens (including phenoxy) is 1. The second-order valence-electron chi connectivity index (χ2n) is 6.00. The standard InChI is InChI=1S/C19H19N3O3/c1-12-5-6-13(2)17(9-12)23-11-14-7-8-16(24-14)18-21-15(10-20)19(25-18)22(3)4/h5-9H,11H2,1-4H3. The first-order valence-electron chi connectivity index (χ1n) is 7.85. The quantitative estimate of drug-likeness (QED) is 0.698. The second-order valence-corrected chi connectivity index (χ2v) is 6.00. The van der Waals surface area contributed by atoms with E-state index in [1.807, 2.05) is 44.2 Å². The average Bonchev–Trinajstić information content (AvgIpc) is 3.21. The molecule has 0 atom stereocenters. The van der Waals surface area contributed by atoms with Gasteiger partial charge < -0.3 is 18.5 Å². The highest BCUT2D eigenvalue weighted by molar-refractivity contribution is 5.55. The maximum atomic E-state index is 9.14. The summed E-state index contributed by atoms with van der Waals surface area (Å²) in [5, 5.41) is 9.14. The summed E-state index contributed by atoms with van der Waals surface area (Å²) in [6.45, 7) is 4.33. The fraction of sp³-hybridized carbons (Fsp3) is 0.263. The lowest BCUT2D eigenvalue weighted by molar-refractivity contribution is 0.269. The maximum Gasteiger partial charge on any atom is 0.266 e. The van der Waals surface area contributed by atoms with Crippen molar-refractivity contribution in [1.82, 2.24) is 4.98 Å². The molecule has 0 saturated carbocycles. The molecular formula is C19H19N3O3. The number of hydrogen-bond donors (Lipinski definition) is 0. The van der Waals surface area contributed by atoms with Crippen LogP contribution >= 0.6 is 0 Å². The lowest BCUT2D eigenvalue weighted by atomic mass is 10.1. The van der Waals surface area contributed by atoms with Crippen molar-refractivity contribution in [3.8, 4) is 23.5 Å². The molecule has 2 aromatic heterocycles. The van der Waals surface area contributed by atoms with Gasteiger partial charge in [-0.3, -0.25) is 0 Å². The molecule has 6 heteroatoms. The number of aryl methyl sites for hydroxylation is 2. The number of anilines is 1. The highest BCUT2D eigenvalue weighted by Gasteiger charge is 2.18. The Labute approximate surface area is 146 Å². The molecule has 0 N–H and O–H groups in total. The summed E-state index contributed by atoms with van der Waals surface area (Å²) >= 11 is 0. The fourth-order valence-electron chi connectivity index (χ4n) is 2.38.